The van der Waals surface area contributed by atoms with Gasteiger partial charge >= 0.3 is 13.9 Å². The van der Waals surface area contributed by atoms with Crippen molar-refractivity contribution in [3.8, 4) is 11.8 Å². The predicted octanol–water partition coefficient (Wildman–Crippen LogP) is 1.92. The number of aromatic nitrogens is 4. The summed E-state index contributed by atoms with van der Waals surface area (Å²) in [5.41, 5.74) is 1.43. The number of benzene rings is 1. The quantitative estimate of drug-likeness (QED) is 0.180. The fraction of sp³-hybridized carbons (Fsp3) is 0.417. The van der Waals surface area contributed by atoms with Gasteiger partial charge in [0.25, 0.3) is 0 Å². The van der Waals surface area contributed by atoms with Crippen molar-refractivity contribution in [1.29, 1.82) is 0 Å². The number of rotatable bonds is 8. The number of amides is 2. The van der Waals surface area contributed by atoms with Gasteiger partial charge in [-0.3, -0.25) is 14.4 Å². The number of phosphoric acid groups is 1. The number of carbonyl (C=O) groups excluding carboxylic acids is 1. The molecule has 1 aromatic carbocycles. The maximum absolute atomic E-state index is 12.3. The van der Waals surface area contributed by atoms with Gasteiger partial charge in [0.2, 0.25) is 6.29 Å². The second-order valence-electron chi connectivity index (χ2n) is 8.80. The summed E-state index contributed by atoms with van der Waals surface area (Å²) in [6.45, 7) is 2.10. The molecule has 39 heavy (non-hydrogen) atoms. The Kier molecular flexibility index (Phi) is 8.20. The lowest BCUT2D eigenvalue weighted by molar-refractivity contribution is -0.129. The molecule has 4 heterocycles. The van der Waals surface area contributed by atoms with Crippen molar-refractivity contribution in [2.24, 2.45) is 0 Å². The van der Waals surface area contributed by atoms with Crippen LogP contribution in [0.4, 0.5) is 10.6 Å². The number of urea groups is 1. The van der Waals surface area contributed by atoms with E-state index in [1.165, 1.54) is 12.7 Å². The molecule has 2 aromatic heterocycles. The molecule has 0 saturated carbocycles. The zero-order valence-corrected chi connectivity index (χ0v) is 21.7. The van der Waals surface area contributed by atoms with Gasteiger partial charge < -0.3 is 29.3 Å². The van der Waals surface area contributed by atoms with Crippen molar-refractivity contribution in [2.75, 3.05) is 18.5 Å². The summed E-state index contributed by atoms with van der Waals surface area (Å²) in [7, 11) is -4.76. The number of nitrogens with one attached hydrogen (secondary N) is 2. The molecule has 2 fully saturated rings. The van der Waals surface area contributed by atoms with Crippen LogP contribution in [-0.2, 0) is 23.3 Å². The minimum atomic E-state index is -4.76. The molecule has 0 bridgehead atoms. The van der Waals surface area contributed by atoms with Gasteiger partial charge in [-0.1, -0.05) is 37.5 Å². The summed E-state index contributed by atoms with van der Waals surface area (Å²) in [6.07, 6.45) is 0.378. The second-order valence-corrected chi connectivity index (χ2v) is 10.0. The number of hydrogen-bond acceptors (Lipinski definition) is 9. The molecule has 2 aliphatic rings. The van der Waals surface area contributed by atoms with Gasteiger partial charge in [0.1, 0.15) is 24.6 Å². The van der Waals surface area contributed by atoms with Gasteiger partial charge in [0, 0.05) is 12.1 Å². The first-order valence-electron chi connectivity index (χ1n) is 12.3. The number of phosphoric ester groups is 1. The number of carbonyl (C=O) groups is 1. The highest BCUT2D eigenvalue weighted by Crippen LogP contribution is 2.43. The van der Waals surface area contributed by atoms with Crippen molar-refractivity contribution in [1.82, 2.24) is 24.8 Å². The van der Waals surface area contributed by atoms with Crippen molar-refractivity contribution in [3.05, 3.63) is 48.5 Å². The van der Waals surface area contributed by atoms with Crippen LogP contribution in [0.2, 0.25) is 0 Å². The van der Waals surface area contributed by atoms with Gasteiger partial charge in [0.05, 0.1) is 12.9 Å². The Labute approximate surface area is 223 Å². The Balaban J connectivity index is 1.39. The van der Waals surface area contributed by atoms with Crippen molar-refractivity contribution >= 4 is 30.8 Å². The maximum Gasteiger partial charge on any atom is 0.469 e. The topological polar surface area (TPSA) is 179 Å². The minimum absolute atomic E-state index is 0.207. The number of fused-ring (bicyclic) bond motifs is 2. The first-order chi connectivity index (χ1) is 18.8. The molecule has 5 rings (SSSR count). The van der Waals surface area contributed by atoms with Crippen LogP contribution in [0.15, 0.2) is 43.0 Å². The average molecular weight is 558 g/mol. The highest BCUT2D eigenvalue weighted by molar-refractivity contribution is 7.46. The number of unbranched alkanes of at least 4 members (excludes halogenated alkanes) is 1. The van der Waals surface area contributed by atoms with E-state index in [9.17, 15) is 19.1 Å². The van der Waals surface area contributed by atoms with Crippen molar-refractivity contribution < 1.29 is 37.9 Å². The lowest BCUT2D eigenvalue weighted by Crippen LogP contribution is -2.31. The van der Waals surface area contributed by atoms with Crippen LogP contribution in [0.25, 0.3) is 11.2 Å². The Morgan fingerprint density at radius 3 is 2.72 bits per heavy atom. The van der Waals surface area contributed by atoms with E-state index in [4.69, 9.17) is 18.7 Å². The summed E-state index contributed by atoms with van der Waals surface area (Å²) in [5, 5.41) is 5.43. The fourth-order valence-corrected chi connectivity index (χ4v) is 4.60. The Hall–Kier alpha value is -3.41. The van der Waals surface area contributed by atoms with Crippen molar-refractivity contribution in [3.63, 3.8) is 0 Å². The molecular weight excluding hydrogens is 531 g/mol. The third kappa shape index (κ3) is 6.43. The van der Waals surface area contributed by atoms with Crippen LogP contribution in [0.1, 0.15) is 31.6 Å². The zero-order chi connectivity index (χ0) is 27.4. The molecule has 2 saturated heterocycles. The van der Waals surface area contributed by atoms with E-state index in [1.807, 2.05) is 37.3 Å². The van der Waals surface area contributed by atoms with E-state index in [2.05, 4.69) is 37.4 Å². The normalized spacial score (nSPS) is 24.2. The highest BCUT2D eigenvalue weighted by atomic mass is 31.2. The van der Waals surface area contributed by atoms with Crippen LogP contribution >= 0.6 is 7.82 Å². The predicted molar refractivity (Wildman–Crippen MR) is 136 cm³/mol. The standard InChI is InChI=1S/C24H27N6O8P/c1-2-3-11-25-24(31)29-21-18-22(27-13-26-21)30(14-28-18)23-20-19(16(36-23)12-35-39(32,33)34)37-17(38-20)10-9-15-7-5-4-6-8-15/h4-8,13-14,16-17,19-20,23H,2-3,11-12H2,1H3,(H2,32,33,34)(H2,25,26,27,29,31)/t16-,17?,19+,20?,23-/m1/s1. The SMILES string of the molecule is CCCCNC(=O)Nc1ncnc2c1ncn2[C@@H]1O[C@H](COP(=O)(O)O)[C@@H]2OC(C#Cc3ccccc3)OC21. The molecular formula is C24H27N6O8P. The molecule has 2 amide bonds. The molecule has 0 aliphatic carbocycles. The summed E-state index contributed by atoms with van der Waals surface area (Å²) in [5.74, 6) is 6.12. The lowest BCUT2D eigenvalue weighted by atomic mass is 10.1. The monoisotopic (exact) mass is 558 g/mol. The molecule has 206 valence electrons. The summed E-state index contributed by atoms with van der Waals surface area (Å²) >= 11 is 0. The zero-order valence-electron chi connectivity index (χ0n) is 20.8. The number of imidazole rings is 1. The van der Waals surface area contributed by atoms with Gasteiger partial charge in [0.15, 0.2) is 23.2 Å². The second kappa shape index (κ2) is 11.8. The number of anilines is 1. The molecule has 2 unspecified atom stereocenters. The minimum Gasteiger partial charge on any atom is -0.347 e. The molecule has 14 nitrogen and oxygen atoms in total. The molecule has 0 spiro atoms. The molecule has 0 radical (unpaired) electrons. The molecule has 5 atom stereocenters. The van der Waals surface area contributed by atoms with Gasteiger partial charge in [-0.2, -0.15) is 0 Å². The van der Waals surface area contributed by atoms with E-state index in [0.717, 1.165) is 18.4 Å². The fourth-order valence-electron chi connectivity index (χ4n) is 4.26. The summed E-state index contributed by atoms with van der Waals surface area (Å²) < 4.78 is 35.7. The molecule has 4 N–H and O–H groups in total. The van der Waals surface area contributed by atoms with Crippen LogP contribution in [0.5, 0.6) is 0 Å². The summed E-state index contributed by atoms with van der Waals surface area (Å²) in [4.78, 5) is 43.5. The lowest BCUT2D eigenvalue weighted by Gasteiger charge is -2.20. The van der Waals surface area contributed by atoms with Crippen LogP contribution in [0.3, 0.4) is 0 Å². The van der Waals surface area contributed by atoms with E-state index in [1.54, 1.807) is 4.57 Å². The van der Waals surface area contributed by atoms with Crippen LogP contribution in [0, 0.1) is 11.8 Å². The molecule has 15 heteroatoms. The van der Waals surface area contributed by atoms with Crippen LogP contribution in [-0.4, -0.2) is 73.1 Å². The number of hydrogen-bond donors (Lipinski definition) is 4. The Morgan fingerprint density at radius 2 is 1.95 bits per heavy atom. The molecule has 3 aromatic rings. The molecule has 2 aliphatic heterocycles. The Bertz CT molecular complexity index is 1420. The van der Waals surface area contributed by atoms with Gasteiger partial charge in [-0.25, -0.2) is 24.3 Å². The van der Waals surface area contributed by atoms with E-state index in [-0.39, 0.29) is 5.82 Å². The van der Waals surface area contributed by atoms with Crippen molar-refractivity contribution in [2.45, 2.75) is 50.6 Å². The van der Waals surface area contributed by atoms with Crippen LogP contribution < -0.4 is 10.6 Å². The van der Waals surface area contributed by atoms with E-state index in [0.29, 0.717) is 17.7 Å². The highest BCUT2D eigenvalue weighted by Gasteiger charge is 2.54. The Morgan fingerprint density at radius 1 is 1.15 bits per heavy atom. The third-order valence-corrected chi connectivity index (χ3v) is 6.53. The third-order valence-electron chi connectivity index (χ3n) is 6.04. The average Bonchev–Trinajstić information content (AvgIpc) is 3.61. The van der Waals surface area contributed by atoms with E-state index >= 15 is 0 Å². The first-order valence-corrected chi connectivity index (χ1v) is 13.8. The number of nitrogens with zero attached hydrogens (tertiary/aromatic N) is 4. The maximum atomic E-state index is 12.3. The van der Waals surface area contributed by atoms with Gasteiger partial charge in [-0.05, 0) is 24.5 Å². The largest absolute Gasteiger partial charge is 0.469 e. The van der Waals surface area contributed by atoms with E-state index < -0.39 is 51.3 Å². The summed E-state index contributed by atoms with van der Waals surface area (Å²) in [6, 6.07) is 8.87. The number of ether oxygens (including phenoxy) is 3. The first kappa shape index (κ1) is 27.2. The van der Waals surface area contributed by atoms with Gasteiger partial charge in [-0.15, -0.1) is 0 Å². The smallest absolute Gasteiger partial charge is 0.347 e.